The van der Waals surface area contributed by atoms with Crippen LogP contribution in [0.3, 0.4) is 0 Å². The van der Waals surface area contributed by atoms with Gasteiger partial charge < -0.3 is 4.74 Å². The Morgan fingerprint density at radius 2 is 1.89 bits per heavy atom. The van der Waals surface area contributed by atoms with Crippen LogP contribution in [0.25, 0.3) is 11.3 Å². The minimum Gasteiger partial charge on any atom is -0.406 e. The fourth-order valence-corrected chi connectivity index (χ4v) is 2.77. The molecule has 1 aromatic heterocycles. The van der Waals surface area contributed by atoms with Crippen molar-refractivity contribution in [3.63, 3.8) is 0 Å². The first kappa shape index (κ1) is 19.5. The van der Waals surface area contributed by atoms with Gasteiger partial charge in [0.05, 0.1) is 11.9 Å². The number of nitrogens with zero attached hydrogens (tertiary/aromatic N) is 2. The van der Waals surface area contributed by atoms with E-state index in [1.54, 1.807) is 0 Å². The summed E-state index contributed by atoms with van der Waals surface area (Å²) in [5, 5.41) is 15.2. The zero-order chi connectivity index (χ0) is 20.0. The smallest absolute Gasteiger partial charge is 0.406 e. The molecule has 1 saturated carbocycles. The maximum absolute atomic E-state index is 13.4. The van der Waals surface area contributed by atoms with Crippen molar-refractivity contribution in [2.45, 2.75) is 30.0 Å². The third kappa shape index (κ3) is 4.52. The first-order valence-corrected chi connectivity index (χ1v) is 8.44. The first-order chi connectivity index (χ1) is 12.5. The van der Waals surface area contributed by atoms with E-state index in [0.29, 0.717) is 15.7 Å². The summed E-state index contributed by atoms with van der Waals surface area (Å²) in [5.41, 5.74) is 0.706. The second kappa shape index (κ2) is 6.70. The van der Waals surface area contributed by atoms with Crippen molar-refractivity contribution in [1.29, 1.82) is 10.8 Å². The van der Waals surface area contributed by atoms with E-state index in [9.17, 15) is 22.0 Å². The molecule has 0 amide bonds. The monoisotopic (exact) mass is 450 g/mol. The number of rotatable bonds is 4. The highest BCUT2D eigenvalue weighted by Gasteiger charge is 2.34. The number of nitrogens with one attached hydrogen (secondary N) is 2. The van der Waals surface area contributed by atoms with Crippen LogP contribution < -0.4 is 10.2 Å². The van der Waals surface area contributed by atoms with Crippen LogP contribution in [-0.2, 0) is 0 Å². The van der Waals surface area contributed by atoms with Gasteiger partial charge in [0.25, 0.3) is 0 Å². The van der Waals surface area contributed by atoms with Crippen LogP contribution in [0.4, 0.5) is 22.0 Å². The van der Waals surface area contributed by atoms with E-state index in [2.05, 4.69) is 25.7 Å². The van der Waals surface area contributed by atoms with Crippen LogP contribution in [0.1, 0.15) is 24.3 Å². The number of halogens is 6. The molecule has 11 heteroatoms. The van der Waals surface area contributed by atoms with Crippen molar-refractivity contribution < 1.29 is 26.7 Å². The molecule has 0 aliphatic heterocycles. The summed E-state index contributed by atoms with van der Waals surface area (Å²) in [4.78, 5) is 0.364. The van der Waals surface area contributed by atoms with Gasteiger partial charge in [-0.25, -0.2) is 0 Å². The Morgan fingerprint density at radius 1 is 1.22 bits per heavy atom. The lowest BCUT2D eigenvalue weighted by Crippen LogP contribution is -2.35. The fraction of sp³-hybridized carbons (Fsp3) is 0.312. The molecule has 1 aromatic carbocycles. The third-order valence-electron chi connectivity index (χ3n) is 3.90. The predicted octanol–water partition coefficient (Wildman–Crippen LogP) is 4.62. The average Bonchev–Trinajstić information content (AvgIpc) is 3.37. The van der Waals surface area contributed by atoms with Crippen molar-refractivity contribution in [3.05, 3.63) is 41.6 Å². The lowest BCUT2D eigenvalue weighted by Gasteiger charge is -2.16. The fourth-order valence-electron chi connectivity index (χ4n) is 2.58. The maximum Gasteiger partial charge on any atom is 0.573 e. The molecule has 0 atom stereocenters. The summed E-state index contributed by atoms with van der Waals surface area (Å²) in [6.07, 6.45) is -1.19. The van der Waals surface area contributed by atoms with Gasteiger partial charge in [0.15, 0.2) is 5.84 Å². The van der Waals surface area contributed by atoms with Gasteiger partial charge in [0.1, 0.15) is 11.2 Å². The lowest BCUT2D eigenvalue weighted by molar-refractivity contribution is -0.274. The van der Waals surface area contributed by atoms with Gasteiger partial charge in [-0.1, -0.05) is 0 Å². The van der Waals surface area contributed by atoms with Crippen molar-refractivity contribution in [2.75, 3.05) is 0 Å². The van der Waals surface area contributed by atoms with Gasteiger partial charge in [-0.15, -0.1) is 13.2 Å². The molecule has 1 heterocycles. The summed E-state index contributed by atoms with van der Waals surface area (Å²) < 4.78 is 68.7. The van der Waals surface area contributed by atoms with E-state index in [-0.39, 0.29) is 17.4 Å². The number of aromatic nitrogens is 2. The molecule has 1 fully saturated rings. The predicted molar refractivity (Wildman–Crippen MR) is 89.2 cm³/mol. The van der Waals surface area contributed by atoms with Gasteiger partial charge in [0, 0.05) is 11.8 Å². The van der Waals surface area contributed by atoms with E-state index in [0.717, 1.165) is 31.3 Å². The molecule has 0 spiro atoms. The normalized spacial score (nSPS) is 14.9. The Balaban J connectivity index is 2.06. The summed E-state index contributed by atoms with van der Waals surface area (Å²) in [5.74, 6) is -1.54. The molecule has 1 aliphatic rings. The number of hydrogen-bond acceptors (Lipinski definition) is 4. The van der Waals surface area contributed by atoms with Crippen molar-refractivity contribution in [3.8, 4) is 17.0 Å². The van der Waals surface area contributed by atoms with Gasteiger partial charge in [-0.3, -0.25) is 20.4 Å². The van der Waals surface area contributed by atoms with Crippen LogP contribution in [0, 0.1) is 10.8 Å². The molecule has 0 saturated heterocycles. The number of ether oxygens (including phenoxy) is 1. The Kier molecular flexibility index (Phi) is 4.83. The SMILES string of the molecule is N=C(n1cc(-c2ccc(OC(F)(F)F)cc2C2CC2)ncc1=N)C(F)(F)Br. The molecular formula is C16H12BrF5N4O. The van der Waals surface area contributed by atoms with Crippen LogP contribution in [-0.4, -0.2) is 26.6 Å². The van der Waals surface area contributed by atoms with E-state index in [4.69, 9.17) is 10.8 Å². The van der Waals surface area contributed by atoms with Crippen molar-refractivity contribution >= 4 is 21.8 Å². The topological polar surface area (TPSA) is 74.8 Å². The zero-order valence-electron chi connectivity index (χ0n) is 13.4. The van der Waals surface area contributed by atoms with Gasteiger partial charge in [-0.2, -0.15) is 8.78 Å². The summed E-state index contributed by atoms with van der Waals surface area (Å²) >= 11 is 2.08. The Morgan fingerprint density at radius 3 is 2.44 bits per heavy atom. The van der Waals surface area contributed by atoms with Gasteiger partial charge >= 0.3 is 11.2 Å². The summed E-state index contributed by atoms with van der Waals surface area (Å²) in [6.45, 7) is 0. The maximum atomic E-state index is 13.4. The molecule has 2 aromatic rings. The molecule has 2 N–H and O–H groups in total. The van der Waals surface area contributed by atoms with E-state index < -0.39 is 22.5 Å². The number of alkyl halides is 6. The highest BCUT2D eigenvalue weighted by Crippen LogP contribution is 2.45. The van der Waals surface area contributed by atoms with Crippen LogP contribution >= 0.6 is 15.9 Å². The van der Waals surface area contributed by atoms with E-state index >= 15 is 0 Å². The Labute approximate surface area is 158 Å². The molecular weight excluding hydrogens is 439 g/mol. The number of hydrogen-bond donors (Lipinski definition) is 2. The second-order valence-corrected chi connectivity index (χ2v) is 6.94. The van der Waals surface area contributed by atoms with E-state index in [1.165, 1.54) is 12.1 Å². The molecule has 144 valence electrons. The minimum absolute atomic E-state index is 0.0137. The Hall–Kier alpha value is -2.30. The highest BCUT2D eigenvalue weighted by molar-refractivity contribution is 9.10. The third-order valence-corrected chi connectivity index (χ3v) is 4.27. The van der Waals surface area contributed by atoms with Crippen LogP contribution in [0.5, 0.6) is 5.75 Å². The lowest BCUT2D eigenvalue weighted by atomic mass is 10.0. The van der Waals surface area contributed by atoms with Crippen LogP contribution in [0.2, 0.25) is 0 Å². The quantitative estimate of drug-likeness (QED) is 0.308. The first-order valence-electron chi connectivity index (χ1n) is 7.65. The molecule has 27 heavy (non-hydrogen) atoms. The summed E-state index contributed by atoms with van der Waals surface area (Å²) in [6, 6.07) is 3.73. The van der Waals surface area contributed by atoms with Crippen molar-refractivity contribution in [1.82, 2.24) is 9.55 Å². The van der Waals surface area contributed by atoms with Gasteiger partial charge in [-0.05, 0) is 58.5 Å². The molecule has 3 rings (SSSR count). The molecule has 0 bridgehead atoms. The average molecular weight is 451 g/mol. The Bertz CT molecular complexity index is 947. The zero-order valence-corrected chi connectivity index (χ0v) is 15.0. The minimum atomic E-state index is -4.83. The number of benzene rings is 1. The molecule has 1 aliphatic carbocycles. The standard InChI is InChI=1S/C16H12BrF5N4O/c17-15(18,19)14(24)26-7-12(25-6-13(26)23)10-4-3-9(27-16(20,21)22)5-11(10)8-1-2-8/h3-8,23-24H,1-2H2. The van der Waals surface area contributed by atoms with Crippen LogP contribution in [0.15, 0.2) is 30.6 Å². The van der Waals surface area contributed by atoms with E-state index in [1.807, 2.05) is 0 Å². The molecule has 0 radical (unpaired) electrons. The van der Waals surface area contributed by atoms with Gasteiger partial charge in [0.2, 0.25) is 0 Å². The molecule has 5 nitrogen and oxygen atoms in total. The highest BCUT2D eigenvalue weighted by atomic mass is 79.9. The second-order valence-electron chi connectivity index (χ2n) is 5.95. The van der Waals surface area contributed by atoms with Crippen molar-refractivity contribution in [2.24, 2.45) is 0 Å². The largest absolute Gasteiger partial charge is 0.573 e. The molecule has 0 unspecified atom stereocenters. The summed E-state index contributed by atoms with van der Waals surface area (Å²) in [7, 11) is 0.